The van der Waals surface area contributed by atoms with E-state index >= 15 is 0 Å². The van der Waals surface area contributed by atoms with Gasteiger partial charge in [-0.05, 0) is 42.6 Å². The van der Waals surface area contributed by atoms with Crippen LogP contribution in [0.25, 0.3) is 0 Å². The van der Waals surface area contributed by atoms with Gasteiger partial charge in [0.25, 0.3) is 0 Å². The first-order valence-electron chi connectivity index (χ1n) is 9.74. The molecule has 0 aromatic carbocycles. The Morgan fingerprint density at radius 1 is 0.909 bits per heavy atom. The summed E-state index contributed by atoms with van der Waals surface area (Å²) in [4.78, 5) is 12.5. The van der Waals surface area contributed by atoms with E-state index in [4.69, 9.17) is 0 Å². The fraction of sp³-hybridized carbons (Fsp3) is 0.762. The van der Waals surface area contributed by atoms with Crippen molar-refractivity contribution in [3.63, 3.8) is 0 Å². The molecule has 1 heteroatoms. The standard InChI is InChI=1S/C21H32O/c1-2-3-4-5-6-7-8-9-10-11-18-15-19-16-12-13-17(14-16)20(19)21(18)22/h12-13,15-17,19-20H,2-11,14H2,1H3/t16-,17+,19-,20+/m0/s1. The highest BCUT2D eigenvalue weighted by Crippen LogP contribution is 2.53. The van der Waals surface area contributed by atoms with E-state index in [1.165, 1.54) is 69.8 Å². The monoisotopic (exact) mass is 300 g/mol. The topological polar surface area (TPSA) is 17.1 Å². The lowest BCUT2D eigenvalue weighted by Gasteiger charge is -2.17. The lowest BCUT2D eigenvalue weighted by atomic mass is 9.85. The van der Waals surface area contributed by atoms with Crippen molar-refractivity contribution in [2.45, 2.75) is 77.6 Å². The van der Waals surface area contributed by atoms with E-state index < -0.39 is 0 Å². The highest BCUT2D eigenvalue weighted by Gasteiger charge is 2.50. The van der Waals surface area contributed by atoms with Crippen molar-refractivity contribution in [1.82, 2.24) is 0 Å². The van der Waals surface area contributed by atoms with Crippen molar-refractivity contribution in [3.8, 4) is 0 Å². The van der Waals surface area contributed by atoms with Gasteiger partial charge in [0.05, 0.1) is 0 Å². The van der Waals surface area contributed by atoms with E-state index in [9.17, 15) is 4.79 Å². The van der Waals surface area contributed by atoms with Crippen molar-refractivity contribution < 1.29 is 4.79 Å². The fourth-order valence-electron chi connectivity index (χ4n) is 4.82. The minimum atomic E-state index is 0.337. The highest BCUT2D eigenvalue weighted by molar-refractivity contribution is 6.00. The van der Waals surface area contributed by atoms with Gasteiger partial charge in [0.1, 0.15) is 0 Å². The normalized spacial score (nSPS) is 31.9. The zero-order chi connectivity index (χ0) is 15.4. The van der Waals surface area contributed by atoms with Crippen LogP contribution in [-0.4, -0.2) is 5.78 Å². The Balaban J connectivity index is 1.29. The van der Waals surface area contributed by atoms with Crippen LogP contribution in [0.4, 0.5) is 0 Å². The molecule has 3 rings (SSSR count). The van der Waals surface area contributed by atoms with Gasteiger partial charge in [0.2, 0.25) is 0 Å². The van der Waals surface area contributed by atoms with Crippen LogP contribution in [0, 0.1) is 23.7 Å². The smallest absolute Gasteiger partial charge is 0.162 e. The van der Waals surface area contributed by atoms with Crippen LogP contribution in [0.1, 0.15) is 77.6 Å². The Kier molecular flexibility index (Phi) is 5.55. The second kappa shape index (κ2) is 7.62. The molecule has 3 aliphatic carbocycles. The molecular weight excluding hydrogens is 268 g/mol. The quantitative estimate of drug-likeness (QED) is 0.365. The number of carbonyl (C=O) groups excluding carboxylic acids is 1. The Hall–Kier alpha value is -0.850. The first kappa shape index (κ1) is 16.0. The molecular formula is C21H32O. The predicted octanol–water partition coefficient (Wildman–Crippen LogP) is 5.85. The minimum Gasteiger partial charge on any atom is -0.294 e. The summed E-state index contributed by atoms with van der Waals surface area (Å²) < 4.78 is 0. The first-order chi connectivity index (χ1) is 10.8. The van der Waals surface area contributed by atoms with Crippen LogP contribution in [0.3, 0.4) is 0 Å². The van der Waals surface area contributed by atoms with Crippen LogP contribution < -0.4 is 0 Å². The average molecular weight is 300 g/mol. The van der Waals surface area contributed by atoms with Crippen molar-refractivity contribution in [1.29, 1.82) is 0 Å². The molecule has 22 heavy (non-hydrogen) atoms. The van der Waals surface area contributed by atoms with Gasteiger partial charge in [-0.3, -0.25) is 4.79 Å². The molecule has 122 valence electrons. The van der Waals surface area contributed by atoms with E-state index in [2.05, 4.69) is 25.2 Å². The van der Waals surface area contributed by atoms with E-state index in [-0.39, 0.29) is 0 Å². The zero-order valence-corrected chi connectivity index (χ0v) is 14.2. The van der Waals surface area contributed by atoms with Crippen molar-refractivity contribution >= 4 is 5.78 Å². The van der Waals surface area contributed by atoms with Crippen LogP contribution in [-0.2, 0) is 4.79 Å². The van der Waals surface area contributed by atoms with Crippen molar-refractivity contribution in [2.75, 3.05) is 0 Å². The second-order valence-electron chi connectivity index (χ2n) is 7.69. The third-order valence-corrected chi connectivity index (χ3v) is 6.08. The third kappa shape index (κ3) is 3.39. The van der Waals surface area contributed by atoms with Crippen LogP contribution in [0.2, 0.25) is 0 Å². The minimum absolute atomic E-state index is 0.337. The maximum atomic E-state index is 12.5. The largest absolute Gasteiger partial charge is 0.294 e. The third-order valence-electron chi connectivity index (χ3n) is 6.08. The number of carbonyl (C=O) groups is 1. The number of hydrogen-bond donors (Lipinski definition) is 0. The maximum absolute atomic E-state index is 12.5. The van der Waals surface area contributed by atoms with Gasteiger partial charge in [-0.25, -0.2) is 0 Å². The lowest BCUT2D eigenvalue weighted by Crippen LogP contribution is -2.21. The van der Waals surface area contributed by atoms with Crippen molar-refractivity contribution in [2.24, 2.45) is 23.7 Å². The van der Waals surface area contributed by atoms with Gasteiger partial charge in [-0.2, -0.15) is 0 Å². The number of hydrogen-bond acceptors (Lipinski definition) is 1. The summed E-state index contributed by atoms with van der Waals surface area (Å²) in [7, 11) is 0. The molecule has 1 fully saturated rings. The molecule has 0 heterocycles. The first-order valence-corrected chi connectivity index (χ1v) is 9.74. The molecule has 0 unspecified atom stereocenters. The van der Waals surface area contributed by atoms with E-state index in [1.807, 2.05) is 0 Å². The molecule has 3 aliphatic rings. The van der Waals surface area contributed by atoms with Gasteiger partial charge < -0.3 is 0 Å². The van der Waals surface area contributed by atoms with Crippen molar-refractivity contribution in [3.05, 3.63) is 23.8 Å². The van der Waals surface area contributed by atoms with Crippen LogP contribution >= 0.6 is 0 Å². The average Bonchev–Trinajstić information content (AvgIpc) is 3.20. The Labute approximate surface area is 136 Å². The SMILES string of the molecule is CCCCCCCCCCCC1=C[C@@H]2[C@H](C1=O)[C@@H]1C=C[C@H]2C1. The number of Topliss-reactive ketones (excluding diaryl/α,β-unsaturated/α-hetero) is 1. The molecule has 2 bridgehead atoms. The van der Waals surface area contributed by atoms with Crippen LogP contribution in [0.5, 0.6) is 0 Å². The molecule has 0 radical (unpaired) electrons. The Morgan fingerprint density at radius 3 is 2.23 bits per heavy atom. The summed E-state index contributed by atoms with van der Waals surface area (Å²) in [5.74, 6) is 2.65. The molecule has 0 aliphatic heterocycles. The molecule has 0 saturated heterocycles. The van der Waals surface area contributed by atoms with Gasteiger partial charge in [0, 0.05) is 5.92 Å². The second-order valence-corrected chi connectivity index (χ2v) is 7.69. The summed E-state index contributed by atoms with van der Waals surface area (Å²) in [6.45, 7) is 2.27. The predicted molar refractivity (Wildman–Crippen MR) is 92.7 cm³/mol. The van der Waals surface area contributed by atoms with Gasteiger partial charge >= 0.3 is 0 Å². The van der Waals surface area contributed by atoms with E-state index in [1.54, 1.807) is 0 Å². The summed E-state index contributed by atoms with van der Waals surface area (Å²) >= 11 is 0. The molecule has 0 amide bonds. The molecule has 4 atom stereocenters. The summed E-state index contributed by atoms with van der Waals surface area (Å²) in [6.07, 6.45) is 21.5. The number of ketones is 1. The summed E-state index contributed by atoms with van der Waals surface area (Å²) in [5.41, 5.74) is 1.18. The van der Waals surface area contributed by atoms with E-state index in [0.717, 1.165) is 6.42 Å². The number of rotatable bonds is 10. The maximum Gasteiger partial charge on any atom is 0.162 e. The summed E-state index contributed by atoms with van der Waals surface area (Å²) in [6, 6.07) is 0. The Bertz CT molecular complexity index is 445. The molecule has 1 nitrogen and oxygen atoms in total. The molecule has 0 N–H and O–H groups in total. The molecule has 1 saturated carbocycles. The zero-order valence-electron chi connectivity index (χ0n) is 14.2. The highest BCUT2D eigenvalue weighted by atomic mass is 16.1. The molecule has 0 aromatic heterocycles. The van der Waals surface area contributed by atoms with Gasteiger partial charge in [-0.1, -0.05) is 76.5 Å². The molecule has 0 aromatic rings. The number of fused-ring (bicyclic) bond motifs is 5. The molecule has 0 spiro atoms. The summed E-state index contributed by atoms with van der Waals surface area (Å²) in [5, 5.41) is 0. The van der Waals surface area contributed by atoms with Gasteiger partial charge in [-0.15, -0.1) is 0 Å². The van der Waals surface area contributed by atoms with E-state index in [0.29, 0.717) is 29.5 Å². The number of unbranched alkanes of at least 4 members (excludes halogenated alkanes) is 8. The van der Waals surface area contributed by atoms with Gasteiger partial charge in [0.15, 0.2) is 5.78 Å². The lowest BCUT2D eigenvalue weighted by molar-refractivity contribution is -0.119. The fourth-order valence-corrected chi connectivity index (χ4v) is 4.82. The van der Waals surface area contributed by atoms with Crippen LogP contribution in [0.15, 0.2) is 23.8 Å². The number of allylic oxidation sites excluding steroid dienone is 4. The Morgan fingerprint density at radius 2 is 1.55 bits per heavy atom.